The van der Waals surface area contributed by atoms with E-state index in [0.29, 0.717) is 0 Å². The van der Waals surface area contributed by atoms with E-state index in [0.717, 1.165) is 23.3 Å². The molecule has 1 aliphatic heterocycles. The van der Waals surface area contributed by atoms with Crippen LogP contribution in [0.3, 0.4) is 0 Å². The van der Waals surface area contributed by atoms with Crippen LogP contribution in [-0.4, -0.2) is 46.3 Å². The molecule has 1 aromatic carbocycles. The molecule has 0 bridgehead atoms. The Labute approximate surface area is 161 Å². The van der Waals surface area contributed by atoms with Gasteiger partial charge in [-0.3, -0.25) is 14.5 Å². The molecular weight excluding hydrogens is 342 g/mol. The minimum Gasteiger partial charge on any atom is -0.336 e. The summed E-state index contributed by atoms with van der Waals surface area (Å²) in [5.41, 5.74) is 0.765. The lowest BCUT2D eigenvalue weighted by Crippen LogP contribution is -2.49. The number of benzene rings is 1. The quantitative estimate of drug-likeness (QED) is 0.747. The van der Waals surface area contributed by atoms with Gasteiger partial charge in [0.1, 0.15) is 12.1 Å². The van der Waals surface area contributed by atoms with Crippen molar-refractivity contribution in [2.45, 2.75) is 72.0 Å². The normalized spacial score (nSPS) is 19.8. The van der Waals surface area contributed by atoms with Gasteiger partial charge in [-0.2, -0.15) is 0 Å². The van der Waals surface area contributed by atoms with Crippen LogP contribution in [0.25, 0.3) is 0 Å². The van der Waals surface area contributed by atoms with E-state index in [1.54, 1.807) is 11.8 Å². The molecular formula is C21H31N3O3. The summed E-state index contributed by atoms with van der Waals surface area (Å²) in [5.74, 6) is -0.623. The number of hydrogen-bond acceptors (Lipinski definition) is 3. The molecule has 2 rings (SSSR count). The summed E-state index contributed by atoms with van der Waals surface area (Å²) in [5, 5.41) is 2.77. The fraction of sp³-hybridized carbons (Fsp3) is 0.571. The standard InChI is InChI=1S/C21H31N3O3/c1-7-8-16-9-11-17(12-10-16)21(6)19(26)23(20(27)22-21)13-18(25)24(14(2)3)15(4)5/h9-12,14-15H,7-8,13H2,1-6H3,(H,22,27)/t21-/m0/s1. The Morgan fingerprint density at radius 2 is 1.67 bits per heavy atom. The molecule has 1 aromatic rings. The van der Waals surface area contributed by atoms with Gasteiger partial charge in [-0.1, -0.05) is 37.6 Å². The van der Waals surface area contributed by atoms with E-state index in [1.807, 2.05) is 52.0 Å². The lowest BCUT2D eigenvalue weighted by atomic mass is 9.91. The number of hydrogen-bond donors (Lipinski definition) is 1. The molecule has 0 aromatic heterocycles. The average Bonchev–Trinajstić information content (AvgIpc) is 2.79. The molecule has 6 nitrogen and oxygen atoms in total. The van der Waals surface area contributed by atoms with E-state index in [1.165, 1.54) is 5.56 Å². The van der Waals surface area contributed by atoms with E-state index in [2.05, 4.69) is 12.2 Å². The molecule has 1 atom stereocenters. The minimum atomic E-state index is -1.15. The van der Waals surface area contributed by atoms with Gasteiger partial charge in [-0.05, 0) is 52.2 Å². The van der Waals surface area contributed by atoms with Crippen LogP contribution in [0.4, 0.5) is 4.79 Å². The van der Waals surface area contributed by atoms with Gasteiger partial charge in [0, 0.05) is 12.1 Å². The zero-order valence-corrected chi connectivity index (χ0v) is 17.2. The number of urea groups is 1. The van der Waals surface area contributed by atoms with Crippen molar-refractivity contribution in [1.82, 2.24) is 15.1 Å². The summed E-state index contributed by atoms with van der Waals surface area (Å²) in [4.78, 5) is 40.9. The molecule has 1 fully saturated rings. The van der Waals surface area contributed by atoms with Gasteiger partial charge in [-0.25, -0.2) is 4.79 Å². The third-order valence-corrected chi connectivity index (χ3v) is 5.04. The third-order valence-electron chi connectivity index (χ3n) is 5.04. The summed E-state index contributed by atoms with van der Waals surface area (Å²) in [6.07, 6.45) is 2.02. The summed E-state index contributed by atoms with van der Waals surface area (Å²) < 4.78 is 0. The van der Waals surface area contributed by atoms with Gasteiger partial charge in [0.25, 0.3) is 5.91 Å². The maximum absolute atomic E-state index is 13.0. The maximum atomic E-state index is 13.0. The molecule has 0 saturated carbocycles. The van der Waals surface area contributed by atoms with Gasteiger partial charge in [0.15, 0.2) is 0 Å². The van der Waals surface area contributed by atoms with E-state index in [9.17, 15) is 14.4 Å². The number of carbonyl (C=O) groups is 3. The van der Waals surface area contributed by atoms with E-state index in [4.69, 9.17) is 0 Å². The first-order valence-corrected chi connectivity index (χ1v) is 9.66. The van der Waals surface area contributed by atoms with Crippen LogP contribution in [-0.2, 0) is 21.5 Å². The molecule has 148 valence electrons. The van der Waals surface area contributed by atoms with Gasteiger partial charge < -0.3 is 10.2 Å². The maximum Gasteiger partial charge on any atom is 0.325 e. The molecule has 0 unspecified atom stereocenters. The summed E-state index contributed by atoms with van der Waals surface area (Å²) in [7, 11) is 0. The minimum absolute atomic E-state index is 0.00393. The fourth-order valence-corrected chi connectivity index (χ4v) is 3.72. The van der Waals surface area contributed by atoms with Gasteiger partial charge in [0.2, 0.25) is 5.91 Å². The molecule has 27 heavy (non-hydrogen) atoms. The van der Waals surface area contributed by atoms with Crippen LogP contribution < -0.4 is 5.32 Å². The van der Waals surface area contributed by atoms with E-state index >= 15 is 0 Å². The van der Waals surface area contributed by atoms with Gasteiger partial charge in [0.05, 0.1) is 0 Å². The van der Waals surface area contributed by atoms with Crippen molar-refractivity contribution >= 4 is 17.8 Å². The number of aryl methyl sites for hydroxylation is 1. The summed E-state index contributed by atoms with van der Waals surface area (Å²) in [6.45, 7) is 11.2. The Morgan fingerprint density at radius 3 is 2.15 bits per heavy atom. The zero-order valence-electron chi connectivity index (χ0n) is 17.2. The molecule has 1 N–H and O–H groups in total. The van der Waals surface area contributed by atoms with Crippen LogP contribution in [0.2, 0.25) is 0 Å². The second-order valence-corrected chi connectivity index (χ2v) is 7.88. The van der Waals surface area contributed by atoms with Crippen LogP contribution in [0, 0.1) is 0 Å². The lowest BCUT2D eigenvalue weighted by molar-refractivity contribution is -0.141. The van der Waals surface area contributed by atoms with Crippen LogP contribution >= 0.6 is 0 Å². The zero-order chi connectivity index (χ0) is 20.4. The van der Waals surface area contributed by atoms with Crippen molar-refractivity contribution < 1.29 is 14.4 Å². The van der Waals surface area contributed by atoms with Crippen molar-refractivity contribution in [2.24, 2.45) is 0 Å². The van der Waals surface area contributed by atoms with Gasteiger partial charge >= 0.3 is 6.03 Å². The second kappa shape index (κ2) is 8.11. The lowest BCUT2D eigenvalue weighted by Gasteiger charge is -2.32. The predicted octanol–water partition coefficient (Wildman–Crippen LogP) is 3.05. The first-order valence-electron chi connectivity index (χ1n) is 9.66. The Hall–Kier alpha value is -2.37. The van der Waals surface area contributed by atoms with E-state index < -0.39 is 17.5 Å². The van der Waals surface area contributed by atoms with Crippen molar-refractivity contribution in [3.05, 3.63) is 35.4 Å². The first kappa shape index (κ1) is 20.9. The smallest absolute Gasteiger partial charge is 0.325 e. The van der Waals surface area contributed by atoms with Crippen LogP contribution in [0.5, 0.6) is 0 Å². The van der Waals surface area contributed by atoms with Crippen molar-refractivity contribution in [3.63, 3.8) is 0 Å². The Balaban J connectivity index is 2.21. The molecule has 0 aliphatic carbocycles. The molecule has 4 amide bonds. The Bertz CT molecular complexity index is 704. The molecule has 1 saturated heterocycles. The highest BCUT2D eigenvalue weighted by Crippen LogP contribution is 2.29. The van der Waals surface area contributed by atoms with Crippen molar-refractivity contribution in [1.29, 1.82) is 0 Å². The third kappa shape index (κ3) is 4.15. The SMILES string of the molecule is CCCc1ccc([C@]2(C)NC(=O)N(CC(=O)N(C(C)C)C(C)C)C2=O)cc1. The summed E-state index contributed by atoms with van der Waals surface area (Å²) >= 11 is 0. The summed E-state index contributed by atoms with van der Waals surface area (Å²) in [6, 6.07) is 7.19. The molecule has 1 heterocycles. The first-order chi connectivity index (χ1) is 12.6. The highest BCUT2D eigenvalue weighted by molar-refractivity contribution is 6.09. The number of amides is 4. The second-order valence-electron chi connectivity index (χ2n) is 7.88. The average molecular weight is 373 g/mol. The Kier molecular flexibility index (Phi) is 6.29. The molecule has 0 spiro atoms. The highest BCUT2D eigenvalue weighted by Gasteiger charge is 2.49. The molecule has 1 aliphatic rings. The highest BCUT2D eigenvalue weighted by atomic mass is 16.2. The van der Waals surface area contributed by atoms with E-state index in [-0.39, 0.29) is 24.5 Å². The largest absolute Gasteiger partial charge is 0.336 e. The Morgan fingerprint density at radius 1 is 1.11 bits per heavy atom. The van der Waals surface area contributed by atoms with Crippen LogP contribution in [0.15, 0.2) is 24.3 Å². The van der Waals surface area contributed by atoms with Crippen LogP contribution in [0.1, 0.15) is 59.1 Å². The number of rotatable bonds is 7. The predicted molar refractivity (Wildman–Crippen MR) is 105 cm³/mol. The molecule has 0 radical (unpaired) electrons. The van der Waals surface area contributed by atoms with Crippen molar-refractivity contribution in [3.8, 4) is 0 Å². The number of imide groups is 1. The number of nitrogens with zero attached hydrogens (tertiary/aromatic N) is 2. The molecule has 6 heteroatoms. The topological polar surface area (TPSA) is 69.7 Å². The number of nitrogens with one attached hydrogen (secondary N) is 1. The monoisotopic (exact) mass is 373 g/mol. The van der Waals surface area contributed by atoms with Gasteiger partial charge in [-0.15, -0.1) is 0 Å². The van der Waals surface area contributed by atoms with Crippen molar-refractivity contribution in [2.75, 3.05) is 6.54 Å². The fourth-order valence-electron chi connectivity index (χ4n) is 3.72. The number of carbonyl (C=O) groups excluding carboxylic acids is 3.